The summed E-state index contributed by atoms with van der Waals surface area (Å²) in [5.41, 5.74) is 8.47. The summed E-state index contributed by atoms with van der Waals surface area (Å²) in [6.45, 7) is 6.60. The first-order chi connectivity index (χ1) is 9.93. The van der Waals surface area contributed by atoms with Gasteiger partial charge in [0, 0.05) is 31.4 Å². The summed E-state index contributed by atoms with van der Waals surface area (Å²) >= 11 is 0. The maximum Gasteiger partial charge on any atom is 0.229 e. The number of fused-ring (bicyclic) bond motifs is 1. The number of nitrogens with two attached hydrogens (primary N) is 1. The highest BCUT2D eigenvalue weighted by Crippen LogP contribution is 2.30. The van der Waals surface area contributed by atoms with Crippen LogP contribution in [0.1, 0.15) is 26.3 Å². The first kappa shape index (κ1) is 15.5. The van der Waals surface area contributed by atoms with Gasteiger partial charge in [0.1, 0.15) is 0 Å². The Labute approximate surface area is 125 Å². The van der Waals surface area contributed by atoms with Crippen LogP contribution in [0.15, 0.2) is 18.2 Å². The van der Waals surface area contributed by atoms with Gasteiger partial charge in [-0.1, -0.05) is 13.8 Å². The van der Waals surface area contributed by atoms with Crippen LogP contribution < -0.4 is 16.0 Å². The molecule has 1 atom stereocenters. The molecular weight excluding hydrogens is 266 g/mol. The number of benzene rings is 1. The normalized spacial score (nSPS) is 15.0. The molecule has 0 fully saturated rings. The molecule has 0 spiro atoms. The van der Waals surface area contributed by atoms with Crippen LogP contribution in [0.3, 0.4) is 0 Å². The van der Waals surface area contributed by atoms with E-state index in [2.05, 4.69) is 5.32 Å². The highest BCUT2D eigenvalue weighted by molar-refractivity contribution is 5.96. The summed E-state index contributed by atoms with van der Waals surface area (Å²) in [6, 6.07) is 5.68. The van der Waals surface area contributed by atoms with Gasteiger partial charge in [0.15, 0.2) is 0 Å². The number of nitrogens with zero attached hydrogens (tertiary/aromatic N) is 1. The molecule has 1 aliphatic heterocycles. The van der Waals surface area contributed by atoms with Gasteiger partial charge in [-0.15, -0.1) is 0 Å². The average molecular weight is 289 g/mol. The van der Waals surface area contributed by atoms with Crippen LogP contribution in [0.25, 0.3) is 0 Å². The van der Waals surface area contributed by atoms with E-state index in [0.717, 1.165) is 23.4 Å². The highest BCUT2D eigenvalue weighted by atomic mass is 16.2. The van der Waals surface area contributed by atoms with Crippen LogP contribution in [0.2, 0.25) is 0 Å². The third-order valence-corrected chi connectivity index (χ3v) is 4.02. The zero-order valence-electron chi connectivity index (χ0n) is 12.8. The van der Waals surface area contributed by atoms with Crippen molar-refractivity contribution in [1.82, 2.24) is 0 Å². The van der Waals surface area contributed by atoms with Crippen molar-refractivity contribution in [2.45, 2.75) is 27.2 Å². The topological polar surface area (TPSA) is 75.4 Å². The number of anilines is 2. The third kappa shape index (κ3) is 3.24. The third-order valence-electron chi connectivity index (χ3n) is 4.02. The zero-order valence-corrected chi connectivity index (χ0v) is 12.8. The molecule has 1 unspecified atom stereocenters. The van der Waals surface area contributed by atoms with Crippen LogP contribution in [-0.4, -0.2) is 24.9 Å². The summed E-state index contributed by atoms with van der Waals surface area (Å²) in [7, 11) is 0. The van der Waals surface area contributed by atoms with E-state index in [0.29, 0.717) is 13.1 Å². The lowest BCUT2D eigenvalue weighted by atomic mass is 9.95. The van der Waals surface area contributed by atoms with Gasteiger partial charge < -0.3 is 16.0 Å². The van der Waals surface area contributed by atoms with Crippen LogP contribution in [0.5, 0.6) is 0 Å². The standard InChI is InChI=1S/C16H23N3O2/c1-10(2)14(9-17)16(21)18-13-4-5-15-12(8-13)6-7-19(15)11(3)20/h4-5,8,10,14H,6-7,9,17H2,1-3H3,(H,18,21). The molecule has 1 aromatic carbocycles. The molecule has 5 nitrogen and oxygen atoms in total. The van der Waals surface area contributed by atoms with Crippen molar-refractivity contribution < 1.29 is 9.59 Å². The maximum atomic E-state index is 12.2. The average Bonchev–Trinajstić information content (AvgIpc) is 2.82. The second kappa shape index (κ2) is 6.26. The van der Waals surface area contributed by atoms with Crippen molar-refractivity contribution in [2.24, 2.45) is 17.6 Å². The summed E-state index contributed by atoms with van der Waals surface area (Å²) in [4.78, 5) is 25.5. The Bertz CT molecular complexity index is 554. The molecule has 1 aliphatic rings. The van der Waals surface area contributed by atoms with Gasteiger partial charge in [-0.2, -0.15) is 0 Å². The summed E-state index contributed by atoms with van der Waals surface area (Å²) in [6.07, 6.45) is 0.823. The molecule has 0 radical (unpaired) electrons. The second-order valence-electron chi connectivity index (χ2n) is 5.84. The van der Waals surface area contributed by atoms with Crippen LogP contribution >= 0.6 is 0 Å². The van der Waals surface area contributed by atoms with Crippen molar-refractivity contribution in [1.29, 1.82) is 0 Å². The van der Waals surface area contributed by atoms with Crippen LogP contribution in [-0.2, 0) is 16.0 Å². The van der Waals surface area contributed by atoms with E-state index in [1.54, 1.807) is 11.8 Å². The van der Waals surface area contributed by atoms with E-state index in [4.69, 9.17) is 5.73 Å². The van der Waals surface area contributed by atoms with Gasteiger partial charge in [0.05, 0.1) is 5.92 Å². The number of nitrogens with one attached hydrogen (secondary N) is 1. The van der Waals surface area contributed by atoms with Crippen molar-refractivity contribution in [3.8, 4) is 0 Å². The number of hydrogen-bond acceptors (Lipinski definition) is 3. The van der Waals surface area contributed by atoms with E-state index < -0.39 is 0 Å². The molecule has 114 valence electrons. The number of rotatable bonds is 4. The molecule has 1 heterocycles. The summed E-state index contributed by atoms with van der Waals surface area (Å²) in [5.74, 6) is 0.0204. The molecule has 0 aromatic heterocycles. The SMILES string of the molecule is CC(=O)N1CCc2cc(NC(=O)C(CN)C(C)C)ccc21. The van der Waals surface area contributed by atoms with E-state index >= 15 is 0 Å². The molecule has 0 aliphatic carbocycles. The lowest BCUT2D eigenvalue weighted by Crippen LogP contribution is -2.33. The first-order valence-corrected chi connectivity index (χ1v) is 7.36. The lowest BCUT2D eigenvalue weighted by Gasteiger charge is -2.19. The quantitative estimate of drug-likeness (QED) is 0.887. The molecule has 5 heteroatoms. The Morgan fingerprint density at radius 1 is 1.38 bits per heavy atom. The van der Waals surface area contributed by atoms with Crippen molar-refractivity contribution in [2.75, 3.05) is 23.3 Å². The van der Waals surface area contributed by atoms with Crippen molar-refractivity contribution in [3.63, 3.8) is 0 Å². The van der Waals surface area contributed by atoms with Gasteiger partial charge >= 0.3 is 0 Å². The Kier molecular flexibility index (Phi) is 4.63. The molecule has 1 aromatic rings. The zero-order chi connectivity index (χ0) is 15.6. The monoisotopic (exact) mass is 289 g/mol. The second-order valence-corrected chi connectivity index (χ2v) is 5.84. The highest BCUT2D eigenvalue weighted by Gasteiger charge is 2.24. The summed E-state index contributed by atoms with van der Waals surface area (Å²) in [5, 5.41) is 2.93. The molecule has 0 saturated heterocycles. The van der Waals surface area contributed by atoms with Crippen LogP contribution in [0, 0.1) is 11.8 Å². The number of carbonyl (C=O) groups excluding carboxylic acids is 2. The predicted molar refractivity (Wildman–Crippen MR) is 84.2 cm³/mol. The molecule has 2 amide bonds. The minimum absolute atomic E-state index is 0.0473. The molecule has 2 rings (SSSR count). The number of carbonyl (C=O) groups is 2. The summed E-state index contributed by atoms with van der Waals surface area (Å²) < 4.78 is 0. The molecule has 3 N–H and O–H groups in total. The Morgan fingerprint density at radius 3 is 2.67 bits per heavy atom. The van der Waals surface area contributed by atoms with Crippen LogP contribution in [0.4, 0.5) is 11.4 Å². The van der Waals surface area contributed by atoms with Gasteiger partial charge in [-0.25, -0.2) is 0 Å². The molecule has 0 saturated carbocycles. The fourth-order valence-corrected chi connectivity index (χ4v) is 2.72. The largest absolute Gasteiger partial charge is 0.330 e. The minimum atomic E-state index is -0.188. The van der Waals surface area contributed by atoms with Gasteiger partial charge in [-0.05, 0) is 36.1 Å². The van der Waals surface area contributed by atoms with Gasteiger partial charge in [0.2, 0.25) is 11.8 Å². The van der Waals surface area contributed by atoms with E-state index in [9.17, 15) is 9.59 Å². The minimum Gasteiger partial charge on any atom is -0.330 e. The molecular formula is C16H23N3O2. The number of amides is 2. The maximum absolute atomic E-state index is 12.2. The van der Waals surface area contributed by atoms with Crippen molar-refractivity contribution >= 4 is 23.2 Å². The Morgan fingerprint density at radius 2 is 2.10 bits per heavy atom. The van der Waals surface area contributed by atoms with E-state index in [1.165, 1.54) is 0 Å². The predicted octanol–water partition coefficient (Wildman–Crippen LogP) is 1.76. The van der Waals surface area contributed by atoms with Gasteiger partial charge in [-0.3, -0.25) is 9.59 Å². The first-order valence-electron chi connectivity index (χ1n) is 7.36. The lowest BCUT2D eigenvalue weighted by molar-refractivity contribution is -0.120. The fourth-order valence-electron chi connectivity index (χ4n) is 2.72. The molecule has 0 bridgehead atoms. The van der Waals surface area contributed by atoms with E-state index in [1.807, 2.05) is 32.0 Å². The number of hydrogen-bond donors (Lipinski definition) is 2. The Hall–Kier alpha value is -1.88. The molecule has 21 heavy (non-hydrogen) atoms. The fraction of sp³-hybridized carbons (Fsp3) is 0.500. The van der Waals surface area contributed by atoms with Gasteiger partial charge in [0.25, 0.3) is 0 Å². The van der Waals surface area contributed by atoms with E-state index in [-0.39, 0.29) is 23.7 Å². The Balaban J connectivity index is 2.14. The smallest absolute Gasteiger partial charge is 0.229 e. The van der Waals surface area contributed by atoms with Crippen molar-refractivity contribution in [3.05, 3.63) is 23.8 Å².